The fourth-order valence-electron chi connectivity index (χ4n) is 20.9. The molecule has 0 aliphatic heterocycles. The third-order valence-electron chi connectivity index (χ3n) is 27.8. The van der Waals surface area contributed by atoms with E-state index in [0.717, 1.165) is 0 Å². The van der Waals surface area contributed by atoms with Crippen LogP contribution in [0.5, 0.6) is 0 Å². The van der Waals surface area contributed by atoms with Crippen molar-refractivity contribution in [3.05, 3.63) is 459 Å². The van der Waals surface area contributed by atoms with Gasteiger partial charge in [-0.3, -0.25) is 0 Å². The van der Waals surface area contributed by atoms with Crippen molar-refractivity contribution in [2.45, 2.75) is 66.2 Å². The molecule has 0 fully saturated rings. The number of fused-ring (bicyclic) bond motifs is 4. The first-order valence-corrected chi connectivity index (χ1v) is 45.8. The van der Waals surface area contributed by atoms with Crippen LogP contribution < -0.4 is 0 Å². The molecule has 0 amide bonds. The molecule has 0 bridgehead atoms. The van der Waals surface area contributed by atoms with Gasteiger partial charge < -0.3 is 0 Å². The summed E-state index contributed by atoms with van der Waals surface area (Å²) >= 11 is 0. The molecule has 0 spiro atoms. The fourth-order valence-corrected chi connectivity index (χ4v) is 20.9. The summed E-state index contributed by atoms with van der Waals surface area (Å²) in [6.07, 6.45) is 0. The number of aryl methyl sites for hydroxylation is 2. The van der Waals surface area contributed by atoms with E-state index in [4.69, 9.17) is 0 Å². The number of benzene rings is 24. The van der Waals surface area contributed by atoms with Gasteiger partial charge in [0, 0.05) is 0 Å². The highest BCUT2D eigenvalue weighted by atomic mass is 14.3. The van der Waals surface area contributed by atoms with E-state index >= 15 is 0 Å². The Balaban J connectivity index is 0.000000149. The molecule has 0 saturated heterocycles. The Morgan fingerprint density at radius 2 is 0.285 bits per heavy atom. The van der Waals surface area contributed by atoms with Crippen molar-refractivity contribution in [2.75, 3.05) is 0 Å². The Morgan fingerprint density at radius 3 is 0.469 bits per heavy atom. The predicted molar refractivity (Wildman–Crippen MR) is 562 cm³/mol. The summed E-state index contributed by atoms with van der Waals surface area (Å²) in [6, 6.07) is 164. The molecule has 0 heteroatoms. The van der Waals surface area contributed by atoms with Gasteiger partial charge in [0.25, 0.3) is 0 Å². The Labute approximate surface area is 761 Å². The molecule has 0 heterocycles. The van der Waals surface area contributed by atoms with Gasteiger partial charge >= 0.3 is 0 Å². The van der Waals surface area contributed by atoms with Crippen LogP contribution in [-0.2, 0) is 10.8 Å². The molecule has 0 aromatic heterocycles. The molecule has 0 nitrogen and oxygen atoms in total. The molecule has 24 aromatic carbocycles. The zero-order valence-corrected chi connectivity index (χ0v) is 74.6. The summed E-state index contributed by atoms with van der Waals surface area (Å²) < 4.78 is 0. The largest absolute Gasteiger partial charge is 0.0616 e. The molecule has 0 aliphatic carbocycles. The minimum absolute atomic E-state index is 0.0587. The average molecular weight is 1660 g/mol. The highest BCUT2D eigenvalue weighted by Gasteiger charge is 2.27. The van der Waals surface area contributed by atoms with Gasteiger partial charge in [0.15, 0.2) is 0 Å². The lowest BCUT2D eigenvalue weighted by atomic mass is 9.81. The van der Waals surface area contributed by atoms with Crippen LogP contribution in [0.1, 0.15) is 63.8 Å². The molecule has 0 unspecified atom stereocenters. The van der Waals surface area contributed by atoms with Gasteiger partial charge in [0.05, 0.1) is 0 Å². The van der Waals surface area contributed by atoms with Crippen molar-refractivity contribution >= 4 is 108 Å². The maximum absolute atomic E-state index is 2.46. The van der Waals surface area contributed by atoms with Crippen LogP contribution in [0.4, 0.5) is 0 Å². The van der Waals surface area contributed by atoms with E-state index in [1.54, 1.807) is 0 Å². The first-order chi connectivity index (χ1) is 63.5. The van der Waals surface area contributed by atoms with Crippen LogP contribution in [0.25, 0.3) is 241 Å². The second-order valence-electron chi connectivity index (χ2n) is 37.8. The van der Waals surface area contributed by atoms with Gasteiger partial charge in [-0.2, -0.15) is 0 Å². The van der Waals surface area contributed by atoms with Crippen molar-refractivity contribution in [3.8, 4) is 134 Å². The quantitative estimate of drug-likeness (QED) is 0.107. The molecule has 24 rings (SSSR count). The fraction of sp³-hybridized carbons (Fsp3) is 0.0769. The molecular weight excluding hydrogens is 1560 g/mol. The van der Waals surface area contributed by atoms with Crippen molar-refractivity contribution in [2.24, 2.45) is 0 Å². The second kappa shape index (κ2) is 31.8. The Hall–Kier alpha value is -15.6. The normalized spacial score (nSPS) is 12.0. The number of rotatable bonds is 12. The van der Waals surface area contributed by atoms with Crippen LogP contribution in [0, 0.1) is 13.8 Å². The topological polar surface area (TPSA) is 0 Å². The Morgan fingerprint density at radius 1 is 0.131 bits per heavy atom. The van der Waals surface area contributed by atoms with Crippen LogP contribution in [-0.4, -0.2) is 0 Å². The van der Waals surface area contributed by atoms with Crippen molar-refractivity contribution < 1.29 is 0 Å². The van der Waals surface area contributed by atoms with Crippen LogP contribution in [0.15, 0.2) is 437 Å². The first kappa shape index (κ1) is 79.1. The third-order valence-corrected chi connectivity index (χ3v) is 27.8. The minimum Gasteiger partial charge on any atom is -0.0616 e. The van der Waals surface area contributed by atoms with Crippen LogP contribution in [0.3, 0.4) is 0 Å². The first-order valence-electron chi connectivity index (χ1n) is 45.8. The zero-order chi connectivity index (χ0) is 87.6. The Bertz CT molecular complexity index is 7980. The van der Waals surface area contributed by atoms with Gasteiger partial charge in [-0.25, -0.2) is 0 Å². The highest BCUT2D eigenvalue weighted by Crippen LogP contribution is 2.53. The average Bonchev–Trinajstić information content (AvgIpc) is 0.709. The molecule has 0 N–H and O–H groups in total. The molecule has 0 radical (unpaired) electrons. The van der Waals surface area contributed by atoms with Crippen LogP contribution in [0.2, 0.25) is 0 Å². The summed E-state index contributed by atoms with van der Waals surface area (Å²) in [5.74, 6) is 0. The highest BCUT2D eigenvalue weighted by molar-refractivity contribution is 6.34. The number of hydrogen-bond acceptors (Lipinski definition) is 0. The molecule has 0 aliphatic rings. The van der Waals surface area contributed by atoms with E-state index in [0.29, 0.717) is 0 Å². The van der Waals surface area contributed by atoms with E-state index in [1.807, 2.05) is 0 Å². The zero-order valence-electron chi connectivity index (χ0n) is 74.6. The lowest BCUT2D eigenvalue weighted by Gasteiger charge is -2.23. The summed E-state index contributed by atoms with van der Waals surface area (Å²) in [5, 5.41) is 25.5. The summed E-state index contributed by atoms with van der Waals surface area (Å²) in [5.41, 5.74) is 34.9. The van der Waals surface area contributed by atoms with Gasteiger partial charge in [0.2, 0.25) is 0 Å². The van der Waals surface area contributed by atoms with E-state index in [-0.39, 0.29) is 10.8 Å². The summed E-state index contributed by atoms with van der Waals surface area (Å²) in [7, 11) is 0. The van der Waals surface area contributed by atoms with Gasteiger partial charge in [0.1, 0.15) is 0 Å². The molecule has 24 aromatic rings. The Kier molecular flexibility index (Phi) is 19.3. The lowest BCUT2D eigenvalue weighted by Crippen LogP contribution is -2.10. The van der Waals surface area contributed by atoms with Gasteiger partial charge in [-0.15, -0.1) is 0 Å². The SMILES string of the molecule is CC(C)(C)c1ccc(-c2cc(-c3ccc(-c4cccc5ccccc45)cc3)c3ccc4c(-c5ccc(C(C)(C)C)cc5)cc(-c5ccc(-c6cccc7ccccc67)cc5)c5ccc2c3c54)cc1.Cc1ccc(-c2cc(-c3ccc(-c4cccc5ccccc45)cc3)c3ccc4c(-c5ccc(C)cc5)cc(-c5ccc(-c6cccc7ccccc67)cc5)c5ccc2c3c45)cc1. The molecule has 0 atom stereocenters. The van der Waals surface area contributed by atoms with Crippen molar-refractivity contribution in [3.63, 3.8) is 0 Å². The third kappa shape index (κ3) is 13.9. The molecule has 0 saturated carbocycles. The minimum atomic E-state index is 0.0587. The predicted octanol–water partition coefficient (Wildman–Crippen LogP) is 37.0. The van der Waals surface area contributed by atoms with E-state index < -0.39 is 0 Å². The van der Waals surface area contributed by atoms with Gasteiger partial charge in [-0.1, -0.05) is 465 Å². The van der Waals surface area contributed by atoms with E-state index in [1.165, 1.54) is 264 Å². The number of hydrogen-bond donors (Lipinski definition) is 0. The smallest absolute Gasteiger partial charge is 0.00139 e. The van der Waals surface area contributed by atoms with E-state index in [9.17, 15) is 0 Å². The maximum Gasteiger partial charge on any atom is -0.00139 e. The monoisotopic (exact) mass is 1660 g/mol. The van der Waals surface area contributed by atoms with Crippen molar-refractivity contribution in [1.29, 1.82) is 0 Å². The van der Waals surface area contributed by atoms with E-state index in [2.05, 4.69) is 492 Å². The second-order valence-corrected chi connectivity index (χ2v) is 37.8. The maximum atomic E-state index is 2.46. The van der Waals surface area contributed by atoms with Gasteiger partial charge in [-0.05, 0) is 301 Å². The van der Waals surface area contributed by atoms with Crippen molar-refractivity contribution in [1.82, 2.24) is 0 Å². The van der Waals surface area contributed by atoms with Crippen LogP contribution >= 0.6 is 0 Å². The summed E-state index contributed by atoms with van der Waals surface area (Å²) in [4.78, 5) is 0. The standard InChI is InChI=1S/C68H54.C62H42/c1-67(2,3)51-33-29-49(30-34-51)63-41-61(47-25-21-45(22-26-47)55-19-11-15-43-13-7-9-17-53(43)55)57-38-40-60-64(50-31-35-52(36-32-50)68(4,5)6)42-62(58-37-39-59(63)65(57)66(58)60)48-27-23-46(24-28-48)56-20-12-16-44-14-8-10-18-54(44)56;1-39-17-21-45(22-18-39)57-37-59(47-29-25-43(26-30-47)51-15-7-11-41-9-3-5-13-49(41)51)55-36-34-54-58(46-23-19-40(2)20-24-46)38-60(56-35-33-53(57)61(55)62(54)56)48-31-27-44(28-32-48)52-16-8-12-42-10-4-6-14-50(42)52/h7-42H,1-6H3;3-38H,1-2H3. The summed E-state index contributed by atoms with van der Waals surface area (Å²) in [6.45, 7) is 18.1. The lowest BCUT2D eigenvalue weighted by molar-refractivity contribution is 0.590. The molecule has 130 heavy (non-hydrogen) atoms. The molecular formula is C130H96. The molecule has 616 valence electrons.